The average Bonchev–Trinajstić information content (AvgIpc) is 2.60. The number of hydrogen-bond acceptors (Lipinski definition) is 6. The maximum Gasteiger partial charge on any atom is 0.197 e. The predicted molar refractivity (Wildman–Crippen MR) is 78.5 cm³/mol. The molecule has 3 N–H and O–H groups in total. The van der Waals surface area contributed by atoms with Crippen LogP contribution in [0.1, 0.15) is 27.7 Å². The number of nitrogen functional groups attached to an aromatic ring is 1. The lowest BCUT2D eigenvalue weighted by Gasteiger charge is -2.21. The van der Waals surface area contributed by atoms with Crippen LogP contribution in [0.4, 0.5) is 10.8 Å². The number of hydrogen-bond donors (Lipinski definition) is 2. The van der Waals surface area contributed by atoms with Crippen LogP contribution in [0.3, 0.4) is 0 Å². The maximum absolute atomic E-state index is 5.79. The molecular weight excluding hydrogens is 248 g/mol. The zero-order valence-electron chi connectivity index (χ0n) is 11.9. The van der Waals surface area contributed by atoms with Gasteiger partial charge in [0.1, 0.15) is 0 Å². The number of nitrogens with two attached hydrogens (primary N) is 1. The molecule has 0 aliphatic carbocycles. The highest BCUT2D eigenvalue weighted by Gasteiger charge is 2.14. The number of rotatable bonds is 7. The largest absolute Gasteiger partial charge is 0.484 e. The van der Waals surface area contributed by atoms with E-state index in [4.69, 9.17) is 10.5 Å². The van der Waals surface area contributed by atoms with Crippen LogP contribution in [-0.2, 0) is 0 Å². The zero-order chi connectivity index (χ0) is 13.7. The molecule has 0 amide bonds. The van der Waals surface area contributed by atoms with Gasteiger partial charge in [-0.1, -0.05) is 0 Å². The van der Waals surface area contributed by atoms with Gasteiger partial charge in [0.2, 0.25) is 0 Å². The van der Waals surface area contributed by atoms with E-state index in [1.165, 1.54) is 11.5 Å². The molecule has 0 radical (unpaired) electrons. The second kappa shape index (κ2) is 6.80. The average molecular weight is 272 g/mol. The Morgan fingerprint density at radius 2 is 2.06 bits per heavy atom. The molecule has 1 aromatic rings. The van der Waals surface area contributed by atoms with E-state index in [9.17, 15) is 0 Å². The summed E-state index contributed by atoms with van der Waals surface area (Å²) in [5.41, 5.74) is 5.79. The first-order valence-electron chi connectivity index (χ1n) is 6.27. The summed E-state index contributed by atoms with van der Waals surface area (Å²) < 4.78 is 9.79. The monoisotopic (exact) mass is 272 g/mol. The first-order valence-corrected chi connectivity index (χ1v) is 7.05. The zero-order valence-corrected chi connectivity index (χ0v) is 12.7. The fourth-order valence-electron chi connectivity index (χ4n) is 1.36. The molecular formula is C12H24N4OS. The Morgan fingerprint density at radius 1 is 1.39 bits per heavy atom. The van der Waals surface area contributed by atoms with Gasteiger partial charge in [0.15, 0.2) is 16.6 Å². The lowest BCUT2D eigenvalue weighted by atomic mass is 10.3. The Balaban J connectivity index is 2.52. The van der Waals surface area contributed by atoms with Crippen molar-refractivity contribution >= 4 is 22.4 Å². The number of nitrogens with one attached hydrogen (secondary N) is 1. The van der Waals surface area contributed by atoms with Gasteiger partial charge in [0, 0.05) is 19.1 Å². The molecule has 0 aliphatic heterocycles. The van der Waals surface area contributed by atoms with Gasteiger partial charge in [-0.15, -0.1) is 0 Å². The fourth-order valence-corrected chi connectivity index (χ4v) is 2.03. The molecule has 1 heterocycles. The minimum absolute atomic E-state index is 0.0996. The molecule has 0 aliphatic rings. The quantitative estimate of drug-likeness (QED) is 0.797. The van der Waals surface area contributed by atoms with E-state index in [-0.39, 0.29) is 6.10 Å². The van der Waals surface area contributed by atoms with Gasteiger partial charge in [0.25, 0.3) is 0 Å². The first-order chi connectivity index (χ1) is 8.41. The van der Waals surface area contributed by atoms with Crippen LogP contribution in [-0.4, -0.2) is 41.6 Å². The Hall–Kier alpha value is -1.01. The van der Waals surface area contributed by atoms with Gasteiger partial charge in [-0.25, -0.2) is 0 Å². The molecule has 1 aromatic heterocycles. The van der Waals surface area contributed by atoms with Crippen molar-refractivity contribution in [2.45, 2.75) is 39.8 Å². The van der Waals surface area contributed by atoms with E-state index < -0.39 is 0 Å². The van der Waals surface area contributed by atoms with Gasteiger partial charge in [0.05, 0.1) is 6.10 Å². The predicted octanol–water partition coefficient (Wildman–Crippen LogP) is 2.26. The highest BCUT2D eigenvalue weighted by molar-refractivity contribution is 7.11. The minimum atomic E-state index is 0.0996. The lowest BCUT2D eigenvalue weighted by molar-refractivity contribution is 0.245. The van der Waals surface area contributed by atoms with E-state index in [2.05, 4.69) is 35.5 Å². The van der Waals surface area contributed by atoms with Crippen molar-refractivity contribution in [3.63, 3.8) is 0 Å². The highest BCUT2D eigenvalue weighted by atomic mass is 32.1. The maximum atomic E-state index is 5.79. The second-order valence-electron chi connectivity index (χ2n) is 4.89. The van der Waals surface area contributed by atoms with Crippen LogP contribution in [0.15, 0.2) is 0 Å². The summed E-state index contributed by atoms with van der Waals surface area (Å²) in [5.74, 6) is 1.15. The lowest BCUT2D eigenvalue weighted by Crippen LogP contribution is -2.31. The molecule has 0 aromatic carbocycles. The van der Waals surface area contributed by atoms with Gasteiger partial charge in [-0.2, -0.15) is 4.37 Å². The molecule has 6 heteroatoms. The summed E-state index contributed by atoms with van der Waals surface area (Å²) in [7, 11) is 2.11. The molecule has 0 atom stereocenters. The van der Waals surface area contributed by atoms with Crippen LogP contribution >= 0.6 is 11.5 Å². The van der Waals surface area contributed by atoms with Crippen molar-refractivity contribution < 1.29 is 4.74 Å². The van der Waals surface area contributed by atoms with Gasteiger partial charge in [-0.3, -0.25) is 0 Å². The molecule has 0 saturated carbocycles. The molecule has 0 spiro atoms. The Morgan fingerprint density at radius 3 is 2.61 bits per heavy atom. The van der Waals surface area contributed by atoms with E-state index in [1.807, 2.05) is 13.8 Å². The summed E-state index contributed by atoms with van der Waals surface area (Å²) in [6.07, 6.45) is 0.0996. The summed E-state index contributed by atoms with van der Waals surface area (Å²) >= 11 is 1.35. The summed E-state index contributed by atoms with van der Waals surface area (Å²) in [5, 5.41) is 4.25. The standard InChI is InChI=1S/C12H24N4OS/c1-8(2)16(5)7-6-14-12-10(17-9(3)4)11(13)15-18-12/h8-9,14H,6-7H2,1-5H3,(H2,13,15). The minimum Gasteiger partial charge on any atom is -0.484 e. The van der Waals surface area contributed by atoms with Gasteiger partial charge < -0.3 is 20.7 Å². The molecule has 0 unspecified atom stereocenters. The molecule has 0 fully saturated rings. The second-order valence-corrected chi connectivity index (χ2v) is 5.67. The van der Waals surface area contributed by atoms with Crippen molar-refractivity contribution in [2.75, 3.05) is 31.2 Å². The third kappa shape index (κ3) is 4.34. The molecule has 104 valence electrons. The van der Waals surface area contributed by atoms with Crippen molar-refractivity contribution in [2.24, 2.45) is 0 Å². The summed E-state index contributed by atoms with van der Waals surface area (Å²) in [6, 6.07) is 0.546. The molecule has 0 bridgehead atoms. The van der Waals surface area contributed by atoms with Crippen LogP contribution < -0.4 is 15.8 Å². The third-order valence-electron chi connectivity index (χ3n) is 2.66. The summed E-state index contributed by atoms with van der Waals surface area (Å²) in [4.78, 5) is 2.28. The Bertz CT molecular complexity index is 365. The Labute approximate surface area is 113 Å². The number of ether oxygens (including phenoxy) is 1. The van der Waals surface area contributed by atoms with Crippen molar-refractivity contribution in [1.29, 1.82) is 0 Å². The molecule has 18 heavy (non-hydrogen) atoms. The third-order valence-corrected chi connectivity index (χ3v) is 3.46. The number of likely N-dealkylation sites (N-methyl/N-ethyl adjacent to an activating group) is 1. The number of aromatic nitrogens is 1. The van der Waals surface area contributed by atoms with E-state index in [0.29, 0.717) is 17.6 Å². The van der Waals surface area contributed by atoms with Crippen molar-refractivity contribution in [3.05, 3.63) is 0 Å². The van der Waals surface area contributed by atoms with Gasteiger partial charge >= 0.3 is 0 Å². The smallest absolute Gasteiger partial charge is 0.197 e. The topological polar surface area (TPSA) is 63.4 Å². The number of anilines is 2. The van der Waals surface area contributed by atoms with E-state index in [1.54, 1.807) is 0 Å². The molecule has 5 nitrogen and oxygen atoms in total. The van der Waals surface area contributed by atoms with E-state index in [0.717, 1.165) is 18.1 Å². The fraction of sp³-hybridized carbons (Fsp3) is 0.750. The van der Waals surface area contributed by atoms with Gasteiger partial charge in [-0.05, 0) is 46.3 Å². The van der Waals surface area contributed by atoms with E-state index >= 15 is 0 Å². The van der Waals surface area contributed by atoms with Crippen LogP contribution in [0.5, 0.6) is 5.75 Å². The number of nitrogens with zero attached hydrogens (tertiary/aromatic N) is 2. The summed E-state index contributed by atoms with van der Waals surface area (Å²) in [6.45, 7) is 10.1. The molecule has 1 rings (SSSR count). The van der Waals surface area contributed by atoms with Crippen molar-refractivity contribution in [1.82, 2.24) is 9.27 Å². The molecule has 0 saturated heterocycles. The normalized spacial score (nSPS) is 11.6. The van der Waals surface area contributed by atoms with Crippen LogP contribution in [0.2, 0.25) is 0 Å². The Kier molecular flexibility index (Phi) is 5.68. The first kappa shape index (κ1) is 15.0. The SMILES string of the molecule is CC(C)Oc1c(N)nsc1NCCN(C)C(C)C. The van der Waals surface area contributed by atoms with Crippen molar-refractivity contribution in [3.8, 4) is 5.75 Å². The van der Waals surface area contributed by atoms with Crippen LogP contribution in [0, 0.1) is 0 Å². The highest BCUT2D eigenvalue weighted by Crippen LogP contribution is 2.35. The van der Waals surface area contributed by atoms with Crippen LogP contribution in [0.25, 0.3) is 0 Å².